The van der Waals surface area contributed by atoms with Crippen molar-refractivity contribution in [1.29, 1.82) is 0 Å². The molecule has 29 heavy (non-hydrogen) atoms. The lowest BCUT2D eigenvalue weighted by atomic mass is 10.2. The summed E-state index contributed by atoms with van der Waals surface area (Å²) in [7, 11) is 0. The van der Waals surface area contributed by atoms with Gasteiger partial charge in [0.25, 0.3) is 0 Å². The van der Waals surface area contributed by atoms with Gasteiger partial charge in [-0.3, -0.25) is 14.5 Å². The van der Waals surface area contributed by atoms with E-state index in [9.17, 15) is 14.0 Å². The van der Waals surface area contributed by atoms with E-state index in [4.69, 9.17) is 0 Å². The average molecular weight is 419 g/mol. The molecule has 6 nitrogen and oxygen atoms in total. The van der Waals surface area contributed by atoms with Crippen LogP contribution in [-0.4, -0.2) is 77.3 Å². The van der Waals surface area contributed by atoms with Crippen LogP contribution in [0.2, 0.25) is 0 Å². The number of nitrogens with zero attached hydrogens (tertiary/aromatic N) is 4. The molecule has 0 saturated carbocycles. The first-order valence-electron chi connectivity index (χ1n) is 9.98. The van der Waals surface area contributed by atoms with E-state index < -0.39 is 0 Å². The normalized spacial score (nSPS) is 14.8. The van der Waals surface area contributed by atoms with Crippen LogP contribution in [0.25, 0.3) is 10.6 Å². The molecule has 1 saturated heterocycles. The number of amides is 2. The van der Waals surface area contributed by atoms with Crippen molar-refractivity contribution in [3.8, 4) is 10.6 Å². The Morgan fingerprint density at radius 1 is 1.17 bits per heavy atom. The van der Waals surface area contributed by atoms with Gasteiger partial charge in [0.2, 0.25) is 11.8 Å². The van der Waals surface area contributed by atoms with Crippen LogP contribution in [0.3, 0.4) is 0 Å². The number of likely N-dealkylation sites (N-methyl/N-ethyl adjacent to an activating group) is 1. The molecule has 0 unspecified atom stereocenters. The van der Waals surface area contributed by atoms with E-state index in [-0.39, 0.29) is 24.1 Å². The summed E-state index contributed by atoms with van der Waals surface area (Å²) in [6.45, 7) is 8.45. The molecule has 0 radical (unpaired) electrons. The number of carbonyl (C=O) groups is 2. The molecule has 2 amide bonds. The van der Waals surface area contributed by atoms with Gasteiger partial charge in [-0.2, -0.15) is 0 Å². The highest BCUT2D eigenvalue weighted by Crippen LogP contribution is 2.24. The first-order valence-corrected chi connectivity index (χ1v) is 10.9. The smallest absolute Gasteiger partial charge is 0.236 e. The van der Waals surface area contributed by atoms with E-state index in [1.54, 1.807) is 6.07 Å². The number of benzene rings is 1. The summed E-state index contributed by atoms with van der Waals surface area (Å²) in [6, 6.07) is 6.31. The predicted molar refractivity (Wildman–Crippen MR) is 112 cm³/mol. The Bertz CT molecular complexity index is 845. The summed E-state index contributed by atoms with van der Waals surface area (Å²) < 4.78 is 13.4. The van der Waals surface area contributed by atoms with Crippen LogP contribution in [0, 0.1) is 5.82 Å². The number of aromatic nitrogens is 1. The number of rotatable bonds is 7. The van der Waals surface area contributed by atoms with E-state index in [2.05, 4.69) is 9.88 Å². The molecular weight excluding hydrogens is 391 g/mol. The molecule has 1 aliphatic rings. The molecule has 1 aliphatic heterocycles. The lowest BCUT2D eigenvalue weighted by Crippen LogP contribution is -2.51. The van der Waals surface area contributed by atoms with Crippen molar-refractivity contribution in [2.24, 2.45) is 0 Å². The van der Waals surface area contributed by atoms with Gasteiger partial charge in [0.15, 0.2) is 0 Å². The molecule has 8 heteroatoms. The van der Waals surface area contributed by atoms with E-state index in [1.807, 2.05) is 35.1 Å². The minimum absolute atomic E-state index is 0.0378. The molecule has 1 aromatic carbocycles. The van der Waals surface area contributed by atoms with E-state index in [1.165, 1.54) is 23.5 Å². The highest BCUT2D eigenvalue weighted by molar-refractivity contribution is 7.13. The molecule has 0 aliphatic carbocycles. The summed E-state index contributed by atoms with van der Waals surface area (Å²) in [5, 5.41) is 2.57. The topological polar surface area (TPSA) is 56.8 Å². The largest absolute Gasteiger partial charge is 0.342 e. The van der Waals surface area contributed by atoms with Crippen LogP contribution in [0.15, 0.2) is 29.6 Å². The maximum Gasteiger partial charge on any atom is 0.236 e. The van der Waals surface area contributed by atoms with E-state index >= 15 is 0 Å². The lowest BCUT2D eigenvalue weighted by molar-refractivity contribution is -0.134. The average Bonchev–Trinajstić information content (AvgIpc) is 3.18. The third kappa shape index (κ3) is 5.61. The Morgan fingerprint density at radius 3 is 2.55 bits per heavy atom. The zero-order valence-corrected chi connectivity index (χ0v) is 17.8. The van der Waals surface area contributed by atoms with Crippen molar-refractivity contribution < 1.29 is 14.0 Å². The van der Waals surface area contributed by atoms with Crippen molar-refractivity contribution in [2.75, 3.05) is 45.8 Å². The second-order valence-corrected chi connectivity index (χ2v) is 7.91. The van der Waals surface area contributed by atoms with Gasteiger partial charge in [-0.1, -0.05) is 12.1 Å². The molecule has 0 bridgehead atoms. The minimum Gasteiger partial charge on any atom is -0.342 e. The quantitative estimate of drug-likeness (QED) is 0.693. The number of thiazole rings is 1. The molecule has 3 rings (SSSR count). The lowest BCUT2D eigenvalue weighted by Gasteiger charge is -2.35. The number of hydrogen-bond acceptors (Lipinski definition) is 5. The van der Waals surface area contributed by atoms with Crippen LogP contribution in [0.5, 0.6) is 0 Å². The van der Waals surface area contributed by atoms with Crippen LogP contribution in [0.1, 0.15) is 19.5 Å². The van der Waals surface area contributed by atoms with Gasteiger partial charge in [0.05, 0.1) is 18.7 Å². The number of carbonyl (C=O) groups excluding carboxylic acids is 2. The van der Waals surface area contributed by atoms with Gasteiger partial charge in [0.1, 0.15) is 10.8 Å². The van der Waals surface area contributed by atoms with Crippen LogP contribution in [0.4, 0.5) is 4.39 Å². The SMILES string of the molecule is CCN(CC)C(=O)CN1CCN(C(=O)Cc2csc(-c3cccc(F)c3)n2)CC1. The molecule has 156 valence electrons. The fraction of sp³-hybridized carbons (Fsp3) is 0.476. The Kier molecular flexibility index (Phi) is 7.33. The van der Waals surface area contributed by atoms with Gasteiger partial charge < -0.3 is 9.80 Å². The van der Waals surface area contributed by atoms with Crippen molar-refractivity contribution in [1.82, 2.24) is 19.7 Å². The van der Waals surface area contributed by atoms with Crippen molar-refractivity contribution in [3.05, 3.63) is 41.2 Å². The maximum atomic E-state index is 13.4. The monoisotopic (exact) mass is 418 g/mol. The first kappa shape index (κ1) is 21.4. The molecule has 2 aromatic rings. The van der Waals surface area contributed by atoms with Crippen LogP contribution < -0.4 is 0 Å². The van der Waals surface area contributed by atoms with E-state index in [0.29, 0.717) is 43.4 Å². The molecular formula is C21H27FN4O2S. The summed E-state index contributed by atoms with van der Waals surface area (Å²) in [5.41, 5.74) is 1.43. The third-order valence-electron chi connectivity index (χ3n) is 5.16. The summed E-state index contributed by atoms with van der Waals surface area (Å²) >= 11 is 1.42. The summed E-state index contributed by atoms with van der Waals surface area (Å²) in [5.74, 6) is -0.120. The third-order valence-corrected chi connectivity index (χ3v) is 6.10. The molecule has 2 heterocycles. The molecule has 0 N–H and O–H groups in total. The predicted octanol–water partition coefficient (Wildman–Crippen LogP) is 2.50. The molecule has 1 aromatic heterocycles. The zero-order valence-electron chi connectivity index (χ0n) is 16.9. The fourth-order valence-corrected chi connectivity index (χ4v) is 4.25. The zero-order chi connectivity index (χ0) is 20.8. The minimum atomic E-state index is -0.298. The van der Waals surface area contributed by atoms with Gasteiger partial charge in [0, 0.05) is 50.2 Å². The Labute approximate surface area is 174 Å². The van der Waals surface area contributed by atoms with Gasteiger partial charge >= 0.3 is 0 Å². The van der Waals surface area contributed by atoms with Gasteiger partial charge in [-0.05, 0) is 26.0 Å². The second-order valence-electron chi connectivity index (χ2n) is 7.05. The van der Waals surface area contributed by atoms with E-state index in [0.717, 1.165) is 18.7 Å². The van der Waals surface area contributed by atoms with Crippen molar-refractivity contribution in [2.45, 2.75) is 20.3 Å². The van der Waals surface area contributed by atoms with Crippen LogP contribution >= 0.6 is 11.3 Å². The number of halogens is 1. The Hall–Kier alpha value is -2.32. The van der Waals surface area contributed by atoms with Crippen molar-refractivity contribution in [3.63, 3.8) is 0 Å². The number of piperazine rings is 1. The summed E-state index contributed by atoms with van der Waals surface area (Å²) in [6.07, 6.45) is 0.240. The molecule has 0 spiro atoms. The highest BCUT2D eigenvalue weighted by atomic mass is 32.1. The van der Waals surface area contributed by atoms with Crippen LogP contribution in [-0.2, 0) is 16.0 Å². The first-order chi connectivity index (χ1) is 14.0. The highest BCUT2D eigenvalue weighted by Gasteiger charge is 2.24. The summed E-state index contributed by atoms with van der Waals surface area (Å²) in [4.78, 5) is 35.1. The maximum absolute atomic E-state index is 13.4. The standard InChI is InChI=1S/C21H27FN4O2S/c1-3-25(4-2)20(28)14-24-8-10-26(11-9-24)19(27)13-18-15-29-21(23-18)16-6-5-7-17(22)12-16/h5-7,12,15H,3-4,8-11,13-14H2,1-2H3. The second kappa shape index (κ2) is 9.93. The molecule has 0 atom stereocenters. The molecule has 1 fully saturated rings. The van der Waals surface area contributed by atoms with Crippen molar-refractivity contribution >= 4 is 23.2 Å². The van der Waals surface area contributed by atoms with Gasteiger partial charge in [-0.15, -0.1) is 11.3 Å². The number of hydrogen-bond donors (Lipinski definition) is 0. The fourth-order valence-electron chi connectivity index (χ4n) is 3.43. The Morgan fingerprint density at radius 2 is 1.90 bits per heavy atom. The van der Waals surface area contributed by atoms with Gasteiger partial charge in [-0.25, -0.2) is 9.37 Å². The Balaban J connectivity index is 1.50.